The molecule has 0 spiro atoms. The van der Waals surface area contributed by atoms with E-state index in [9.17, 15) is 23.5 Å². The normalized spacial score (nSPS) is 23.9. The first-order valence-corrected chi connectivity index (χ1v) is 11.7. The molecule has 2 amide bonds. The van der Waals surface area contributed by atoms with E-state index in [-0.39, 0.29) is 23.9 Å². The number of hydrogen-bond acceptors (Lipinski definition) is 6. The molecule has 10 heteroatoms. The van der Waals surface area contributed by atoms with Crippen LogP contribution in [0.1, 0.15) is 50.2 Å². The Kier molecular flexibility index (Phi) is 6.20. The van der Waals surface area contributed by atoms with E-state index in [0.717, 1.165) is 23.6 Å². The number of carbonyl (C=O) groups excluding carboxylic acids is 2. The Hall–Kier alpha value is -3.08. The molecule has 3 saturated heterocycles. The van der Waals surface area contributed by atoms with Crippen LogP contribution in [-0.4, -0.2) is 78.6 Å². The number of β-amino-alcohol motifs (C(OH)–C–C–N with tert-alkyl or cyclic N) is 1. The number of alkyl halides is 2. The summed E-state index contributed by atoms with van der Waals surface area (Å²) in [6, 6.07) is 11.6. The average molecular weight is 487 g/mol. The highest BCUT2D eigenvalue weighted by atomic mass is 19.3. The standard InChI is InChI=1S/C25H28F2N4O4/c1-35-22-8-17(5-6-20(22)18-10-28-29-11-18)24(34)31-12-19(32)9-21(31)15-3-2-4-16(7-15)23(33)30-13-25(26,27)14-30/h2-8,18-19,21,28-29,32H,9-14H2,1H3/t19?,21-/m1/s1. The highest BCUT2D eigenvalue weighted by Gasteiger charge is 2.46. The molecule has 2 atom stereocenters. The molecule has 0 aliphatic carbocycles. The second kappa shape index (κ2) is 9.18. The van der Waals surface area contributed by atoms with Gasteiger partial charge in [-0.05, 0) is 41.8 Å². The van der Waals surface area contributed by atoms with E-state index in [2.05, 4.69) is 10.9 Å². The number of likely N-dealkylation sites (tertiary alicyclic amines) is 2. The van der Waals surface area contributed by atoms with Crippen molar-refractivity contribution < 1.29 is 28.2 Å². The molecular formula is C25H28F2N4O4. The number of nitrogens with zero attached hydrogens (tertiary/aromatic N) is 2. The number of nitrogens with one attached hydrogen (secondary N) is 2. The molecule has 3 N–H and O–H groups in total. The summed E-state index contributed by atoms with van der Waals surface area (Å²) in [5.74, 6) is -2.71. The molecule has 0 bridgehead atoms. The Labute approximate surface area is 201 Å². The largest absolute Gasteiger partial charge is 0.496 e. The zero-order valence-corrected chi connectivity index (χ0v) is 19.3. The van der Waals surface area contributed by atoms with Gasteiger partial charge in [0.05, 0.1) is 32.3 Å². The Bertz CT molecular complexity index is 1130. The van der Waals surface area contributed by atoms with Crippen LogP contribution in [0, 0.1) is 0 Å². The molecule has 3 fully saturated rings. The van der Waals surface area contributed by atoms with E-state index < -0.39 is 37.1 Å². The molecule has 8 nitrogen and oxygen atoms in total. The van der Waals surface area contributed by atoms with Crippen molar-refractivity contribution >= 4 is 11.8 Å². The van der Waals surface area contributed by atoms with Gasteiger partial charge in [-0.15, -0.1) is 0 Å². The number of aliphatic hydroxyl groups excluding tert-OH is 1. The summed E-state index contributed by atoms with van der Waals surface area (Å²) in [6.07, 6.45) is -0.394. The van der Waals surface area contributed by atoms with Crippen LogP contribution in [0.25, 0.3) is 0 Å². The van der Waals surface area contributed by atoms with Gasteiger partial charge in [0.15, 0.2) is 0 Å². The third-order valence-corrected chi connectivity index (χ3v) is 6.93. The van der Waals surface area contributed by atoms with E-state index in [0.29, 0.717) is 23.3 Å². The molecule has 3 aliphatic heterocycles. The summed E-state index contributed by atoms with van der Waals surface area (Å²) in [5, 5.41) is 10.4. The monoisotopic (exact) mass is 486 g/mol. The van der Waals surface area contributed by atoms with Crippen molar-refractivity contribution in [3.05, 3.63) is 64.7 Å². The molecule has 2 aromatic rings. The number of halogens is 2. The first kappa shape index (κ1) is 23.7. The summed E-state index contributed by atoms with van der Waals surface area (Å²) in [5.41, 5.74) is 8.60. The summed E-state index contributed by atoms with van der Waals surface area (Å²) in [6.45, 7) is 0.490. The predicted molar refractivity (Wildman–Crippen MR) is 123 cm³/mol. The Balaban J connectivity index is 1.38. The van der Waals surface area contributed by atoms with Crippen LogP contribution in [0.15, 0.2) is 42.5 Å². The van der Waals surface area contributed by atoms with Crippen LogP contribution >= 0.6 is 0 Å². The van der Waals surface area contributed by atoms with E-state index >= 15 is 0 Å². The number of hydrazine groups is 1. The molecule has 35 heavy (non-hydrogen) atoms. The third kappa shape index (κ3) is 4.61. The van der Waals surface area contributed by atoms with Gasteiger partial charge in [-0.25, -0.2) is 8.78 Å². The van der Waals surface area contributed by atoms with Gasteiger partial charge in [0.2, 0.25) is 0 Å². The van der Waals surface area contributed by atoms with Crippen LogP contribution in [0.4, 0.5) is 8.78 Å². The molecular weight excluding hydrogens is 458 g/mol. The van der Waals surface area contributed by atoms with Crippen molar-refractivity contribution in [1.82, 2.24) is 20.7 Å². The highest BCUT2D eigenvalue weighted by Crippen LogP contribution is 2.36. The van der Waals surface area contributed by atoms with Gasteiger partial charge in [0.25, 0.3) is 17.7 Å². The topological polar surface area (TPSA) is 94.1 Å². The Morgan fingerprint density at radius 3 is 2.46 bits per heavy atom. The molecule has 186 valence electrons. The number of aliphatic hydroxyl groups is 1. The maximum Gasteiger partial charge on any atom is 0.282 e. The lowest BCUT2D eigenvalue weighted by Gasteiger charge is -2.38. The number of methoxy groups -OCH3 is 1. The molecule has 1 unspecified atom stereocenters. The van der Waals surface area contributed by atoms with E-state index in [1.165, 1.54) is 0 Å². The fraction of sp³-hybridized carbons (Fsp3) is 0.440. The third-order valence-electron chi connectivity index (χ3n) is 6.93. The summed E-state index contributed by atoms with van der Waals surface area (Å²) in [7, 11) is 1.57. The second-order valence-electron chi connectivity index (χ2n) is 9.42. The quantitative estimate of drug-likeness (QED) is 0.598. The minimum absolute atomic E-state index is 0.153. The van der Waals surface area contributed by atoms with Crippen molar-refractivity contribution in [2.45, 2.75) is 30.4 Å². The SMILES string of the molecule is COc1cc(C(=O)N2CC(O)C[C@@H]2c2cccc(C(=O)N3CC(F)(F)C3)c2)ccc1C1CNNC1. The molecule has 5 rings (SSSR count). The van der Waals surface area contributed by atoms with Crippen molar-refractivity contribution in [2.75, 3.05) is 39.8 Å². The van der Waals surface area contributed by atoms with E-state index in [4.69, 9.17) is 4.74 Å². The van der Waals surface area contributed by atoms with Gasteiger partial charge in [-0.3, -0.25) is 20.4 Å². The van der Waals surface area contributed by atoms with Crippen LogP contribution < -0.4 is 15.6 Å². The fourth-order valence-electron chi connectivity index (χ4n) is 5.10. The number of amides is 2. The van der Waals surface area contributed by atoms with Crippen molar-refractivity contribution in [2.24, 2.45) is 0 Å². The number of hydrogen-bond donors (Lipinski definition) is 3. The van der Waals surface area contributed by atoms with Crippen LogP contribution in [0.5, 0.6) is 5.75 Å². The number of carbonyl (C=O) groups is 2. The first-order chi connectivity index (χ1) is 16.8. The summed E-state index contributed by atoms with van der Waals surface area (Å²) in [4.78, 5) is 28.8. The maximum absolute atomic E-state index is 13.5. The Morgan fingerprint density at radius 1 is 1.06 bits per heavy atom. The fourth-order valence-corrected chi connectivity index (χ4v) is 5.10. The predicted octanol–water partition coefficient (Wildman–Crippen LogP) is 1.93. The zero-order valence-electron chi connectivity index (χ0n) is 19.3. The van der Waals surface area contributed by atoms with Crippen molar-refractivity contribution in [3.8, 4) is 5.75 Å². The van der Waals surface area contributed by atoms with E-state index in [1.807, 2.05) is 6.07 Å². The van der Waals surface area contributed by atoms with Crippen molar-refractivity contribution in [1.29, 1.82) is 0 Å². The minimum atomic E-state index is -2.84. The maximum atomic E-state index is 13.5. The Morgan fingerprint density at radius 2 is 1.77 bits per heavy atom. The smallest absolute Gasteiger partial charge is 0.282 e. The molecule has 2 aromatic carbocycles. The lowest BCUT2D eigenvalue weighted by Crippen LogP contribution is -2.58. The van der Waals surface area contributed by atoms with Crippen LogP contribution in [0.3, 0.4) is 0 Å². The van der Waals surface area contributed by atoms with Crippen molar-refractivity contribution in [3.63, 3.8) is 0 Å². The number of rotatable bonds is 5. The first-order valence-electron chi connectivity index (χ1n) is 11.7. The van der Waals surface area contributed by atoms with Gasteiger partial charge in [-0.1, -0.05) is 18.2 Å². The van der Waals surface area contributed by atoms with Gasteiger partial charge < -0.3 is 19.6 Å². The van der Waals surface area contributed by atoms with Gasteiger partial charge in [-0.2, -0.15) is 0 Å². The number of ether oxygens (including phenoxy) is 1. The highest BCUT2D eigenvalue weighted by molar-refractivity contribution is 5.96. The van der Waals surface area contributed by atoms with Crippen LogP contribution in [-0.2, 0) is 0 Å². The minimum Gasteiger partial charge on any atom is -0.496 e. The second-order valence-corrected chi connectivity index (χ2v) is 9.42. The molecule has 0 saturated carbocycles. The van der Waals surface area contributed by atoms with E-state index in [1.54, 1.807) is 48.4 Å². The van der Waals surface area contributed by atoms with Crippen LogP contribution in [0.2, 0.25) is 0 Å². The zero-order chi connectivity index (χ0) is 24.7. The molecule has 0 aromatic heterocycles. The average Bonchev–Trinajstić information content (AvgIpc) is 3.51. The molecule has 3 aliphatic rings. The number of benzene rings is 2. The molecule has 3 heterocycles. The van der Waals surface area contributed by atoms with Gasteiger partial charge in [0, 0.05) is 36.7 Å². The van der Waals surface area contributed by atoms with Gasteiger partial charge >= 0.3 is 0 Å². The summed E-state index contributed by atoms with van der Waals surface area (Å²) < 4.78 is 32.0. The molecule has 0 radical (unpaired) electrons. The summed E-state index contributed by atoms with van der Waals surface area (Å²) >= 11 is 0. The lowest BCUT2D eigenvalue weighted by atomic mass is 9.96. The lowest BCUT2D eigenvalue weighted by molar-refractivity contribution is -0.113. The van der Waals surface area contributed by atoms with Gasteiger partial charge in [0.1, 0.15) is 5.75 Å².